The van der Waals surface area contributed by atoms with Crippen molar-refractivity contribution in [3.63, 3.8) is 0 Å². The van der Waals surface area contributed by atoms with Gasteiger partial charge < -0.3 is 15.5 Å². The van der Waals surface area contributed by atoms with Crippen LogP contribution in [0.25, 0.3) is 0 Å². The van der Waals surface area contributed by atoms with Gasteiger partial charge in [-0.25, -0.2) is 4.79 Å². The van der Waals surface area contributed by atoms with Crippen molar-refractivity contribution in [1.82, 2.24) is 15.5 Å². The molecule has 0 spiro atoms. The molecule has 7 heteroatoms. The smallest absolute Gasteiger partial charge is 0.318 e. The third kappa shape index (κ3) is 7.91. The van der Waals surface area contributed by atoms with E-state index in [1.165, 1.54) is 18.7 Å². The van der Waals surface area contributed by atoms with E-state index in [0.29, 0.717) is 24.8 Å². The van der Waals surface area contributed by atoms with E-state index in [4.69, 9.17) is 0 Å². The van der Waals surface area contributed by atoms with Crippen molar-refractivity contribution < 1.29 is 14.4 Å². The molecule has 1 aromatic carbocycles. The van der Waals surface area contributed by atoms with Gasteiger partial charge in [0.2, 0.25) is 5.91 Å². The highest BCUT2D eigenvalue weighted by atomic mass is 32.2. The van der Waals surface area contributed by atoms with Crippen LogP contribution in [0.3, 0.4) is 0 Å². The predicted octanol–water partition coefficient (Wildman–Crippen LogP) is 2.81. The average Bonchev–Trinajstić information content (AvgIpc) is 2.61. The number of nitrogens with zero attached hydrogens (tertiary/aromatic N) is 1. The summed E-state index contributed by atoms with van der Waals surface area (Å²) >= 11 is 1.20. The van der Waals surface area contributed by atoms with Crippen LogP contribution in [-0.2, 0) is 9.59 Å². The Balaban J connectivity index is 2.84. The Hall–Kier alpha value is -2.02. The number of benzene rings is 1. The zero-order valence-corrected chi connectivity index (χ0v) is 16.8. The van der Waals surface area contributed by atoms with Crippen LogP contribution >= 0.6 is 11.8 Å². The third-order valence-corrected chi connectivity index (χ3v) is 4.63. The van der Waals surface area contributed by atoms with E-state index < -0.39 is 6.04 Å². The summed E-state index contributed by atoms with van der Waals surface area (Å²) in [6.45, 7) is 6.74. The van der Waals surface area contributed by atoms with Crippen molar-refractivity contribution >= 4 is 28.8 Å². The molecular weight excluding hydrogens is 350 g/mol. The minimum atomic E-state index is -0.754. The summed E-state index contributed by atoms with van der Waals surface area (Å²) in [6, 6.07) is 8.09. The Morgan fingerprint density at radius 3 is 2.31 bits per heavy atom. The Bertz CT molecular complexity index is 593. The molecule has 0 radical (unpaired) electrons. The molecule has 0 saturated heterocycles. The number of nitrogens with one attached hydrogen (secondary N) is 2. The number of urea groups is 1. The Kier molecular flexibility index (Phi) is 9.80. The first kappa shape index (κ1) is 22.0. The molecule has 0 aliphatic heterocycles. The minimum Gasteiger partial charge on any atom is -0.357 e. The van der Waals surface area contributed by atoms with Crippen LogP contribution in [0.15, 0.2) is 30.3 Å². The zero-order valence-electron chi connectivity index (χ0n) is 16.0. The van der Waals surface area contributed by atoms with Gasteiger partial charge in [-0.2, -0.15) is 0 Å². The molecule has 1 atom stereocenters. The van der Waals surface area contributed by atoms with E-state index in [-0.39, 0.29) is 17.1 Å². The van der Waals surface area contributed by atoms with Gasteiger partial charge in [-0.1, -0.05) is 55.9 Å². The van der Waals surface area contributed by atoms with Crippen molar-refractivity contribution in [2.75, 3.05) is 25.9 Å². The van der Waals surface area contributed by atoms with E-state index in [1.54, 1.807) is 11.9 Å². The summed E-state index contributed by atoms with van der Waals surface area (Å²) in [5.41, 5.74) is 0.724. The van der Waals surface area contributed by atoms with Gasteiger partial charge in [0.05, 0.1) is 0 Å². The summed E-state index contributed by atoms with van der Waals surface area (Å²) in [6.07, 6.45) is 0.855. The Labute approximate surface area is 160 Å². The van der Waals surface area contributed by atoms with Gasteiger partial charge in [0.25, 0.3) is 0 Å². The quantitative estimate of drug-likeness (QED) is 0.692. The van der Waals surface area contributed by atoms with Crippen molar-refractivity contribution in [3.8, 4) is 0 Å². The maximum Gasteiger partial charge on any atom is 0.318 e. The summed E-state index contributed by atoms with van der Waals surface area (Å²) < 4.78 is 0. The summed E-state index contributed by atoms with van der Waals surface area (Å²) in [4.78, 5) is 37.8. The maximum absolute atomic E-state index is 12.8. The van der Waals surface area contributed by atoms with Gasteiger partial charge in [-0.15, -0.1) is 0 Å². The standard InChI is InChI=1S/C19H29N3O3S/c1-14(2)10-11-22(12-13-26-15(3)23)19(25)21-17(18(24)20-4)16-8-6-5-7-9-16/h5-9,14,17H,10-13H2,1-4H3,(H,20,24)(H,21,25)/t17-/m0/s1. The highest BCUT2D eigenvalue weighted by Gasteiger charge is 2.24. The van der Waals surface area contributed by atoms with Gasteiger partial charge >= 0.3 is 6.03 Å². The minimum absolute atomic E-state index is 0.0294. The van der Waals surface area contributed by atoms with Crippen LogP contribution in [-0.4, -0.2) is 47.8 Å². The topological polar surface area (TPSA) is 78.5 Å². The van der Waals surface area contributed by atoms with Gasteiger partial charge in [-0.3, -0.25) is 9.59 Å². The molecule has 0 bridgehead atoms. The number of likely N-dealkylation sites (N-methyl/N-ethyl adjacent to an activating group) is 1. The van der Waals surface area contributed by atoms with Crippen LogP contribution in [0.5, 0.6) is 0 Å². The number of amides is 3. The lowest BCUT2D eigenvalue weighted by molar-refractivity contribution is -0.122. The molecule has 1 aromatic rings. The second-order valence-electron chi connectivity index (χ2n) is 6.42. The molecule has 144 valence electrons. The molecule has 2 N–H and O–H groups in total. The SMILES string of the molecule is CNC(=O)[C@@H](NC(=O)N(CCSC(C)=O)CCC(C)C)c1ccccc1. The first-order valence-corrected chi connectivity index (χ1v) is 9.79. The van der Waals surface area contributed by atoms with Crippen LogP contribution in [0.2, 0.25) is 0 Å². The van der Waals surface area contributed by atoms with Crippen LogP contribution in [0, 0.1) is 5.92 Å². The van der Waals surface area contributed by atoms with Crippen LogP contribution in [0.4, 0.5) is 4.79 Å². The van der Waals surface area contributed by atoms with Crippen LogP contribution in [0.1, 0.15) is 38.8 Å². The molecular formula is C19H29N3O3S. The third-order valence-electron chi connectivity index (χ3n) is 3.84. The average molecular weight is 380 g/mol. The molecule has 26 heavy (non-hydrogen) atoms. The lowest BCUT2D eigenvalue weighted by Gasteiger charge is -2.26. The Morgan fingerprint density at radius 1 is 1.12 bits per heavy atom. The summed E-state index contributed by atoms with van der Waals surface area (Å²) in [5.74, 6) is 0.720. The fourth-order valence-electron chi connectivity index (χ4n) is 2.33. The number of rotatable bonds is 9. The molecule has 6 nitrogen and oxygen atoms in total. The lowest BCUT2D eigenvalue weighted by atomic mass is 10.1. The van der Waals surface area contributed by atoms with E-state index in [0.717, 1.165) is 12.0 Å². The molecule has 3 amide bonds. The van der Waals surface area contributed by atoms with Crippen molar-refractivity contribution in [2.24, 2.45) is 5.92 Å². The van der Waals surface area contributed by atoms with E-state index in [9.17, 15) is 14.4 Å². The molecule has 1 rings (SSSR count). The highest BCUT2D eigenvalue weighted by molar-refractivity contribution is 8.13. The molecule has 0 saturated carbocycles. The van der Waals surface area contributed by atoms with Crippen molar-refractivity contribution in [3.05, 3.63) is 35.9 Å². The molecule has 0 fully saturated rings. The second-order valence-corrected chi connectivity index (χ2v) is 7.69. The normalized spacial score (nSPS) is 11.7. The number of hydrogen-bond donors (Lipinski definition) is 2. The monoisotopic (exact) mass is 379 g/mol. The fraction of sp³-hybridized carbons (Fsp3) is 0.526. The summed E-state index contributed by atoms with van der Waals surface area (Å²) in [7, 11) is 1.55. The number of thioether (sulfide) groups is 1. The van der Waals surface area contributed by atoms with Crippen molar-refractivity contribution in [2.45, 2.75) is 33.2 Å². The molecule has 0 aliphatic carbocycles. The first-order chi connectivity index (χ1) is 12.3. The van der Waals surface area contributed by atoms with E-state index in [2.05, 4.69) is 24.5 Å². The lowest BCUT2D eigenvalue weighted by Crippen LogP contribution is -2.47. The second kappa shape index (κ2) is 11.6. The number of carbonyl (C=O) groups is 3. The van der Waals surface area contributed by atoms with Crippen molar-refractivity contribution in [1.29, 1.82) is 0 Å². The molecule has 0 aromatic heterocycles. The van der Waals surface area contributed by atoms with Gasteiger partial charge in [0.15, 0.2) is 5.12 Å². The summed E-state index contributed by atoms with van der Waals surface area (Å²) in [5, 5.41) is 5.45. The Morgan fingerprint density at radius 2 is 1.77 bits per heavy atom. The van der Waals surface area contributed by atoms with E-state index >= 15 is 0 Å². The van der Waals surface area contributed by atoms with Gasteiger partial charge in [0.1, 0.15) is 6.04 Å². The largest absolute Gasteiger partial charge is 0.357 e. The zero-order chi connectivity index (χ0) is 19.5. The fourth-order valence-corrected chi connectivity index (χ4v) is 2.93. The predicted molar refractivity (Wildman–Crippen MR) is 106 cm³/mol. The molecule has 0 unspecified atom stereocenters. The number of carbonyl (C=O) groups excluding carboxylic acids is 3. The molecule has 0 heterocycles. The maximum atomic E-state index is 12.8. The van der Waals surface area contributed by atoms with Gasteiger partial charge in [-0.05, 0) is 17.9 Å². The van der Waals surface area contributed by atoms with E-state index in [1.807, 2.05) is 30.3 Å². The van der Waals surface area contributed by atoms with Gasteiger partial charge in [0, 0.05) is 32.8 Å². The van der Waals surface area contributed by atoms with Crippen LogP contribution < -0.4 is 10.6 Å². The molecule has 0 aliphatic rings. The number of hydrogen-bond acceptors (Lipinski definition) is 4. The first-order valence-electron chi connectivity index (χ1n) is 8.80. The highest BCUT2D eigenvalue weighted by Crippen LogP contribution is 2.14.